The van der Waals surface area contributed by atoms with Crippen molar-refractivity contribution < 1.29 is 19.8 Å². The molecule has 0 saturated carbocycles. The van der Waals surface area contributed by atoms with Crippen LogP contribution in [0.3, 0.4) is 0 Å². The number of hydrogen-bond acceptors (Lipinski definition) is 5. The molecule has 31 heavy (non-hydrogen) atoms. The van der Waals surface area contributed by atoms with E-state index in [-0.39, 0.29) is 5.41 Å². The maximum Gasteiger partial charge on any atom is 0.255 e. The first kappa shape index (κ1) is 23.7. The fourth-order valence-electron chi connectivity index (χ4n) is 4.08. The second kappa shape index (κ2) is 8.87. The number of alkyl halides is 1. The molecule has 1 aromatic heterocycles. The third-order valence-electron chi connectivity index (χ3n) is 5.56. The number of nitrogens with zero attached hydrogens (tertiary/aromatic N) is 3. The van der Waals surface area contributed by atoms with Crippen molar-refractivity contribution in [3.05, 3.63) is 48.3 Å². The molecule has 4 atom stereocenters. The Morgan fingerprint density at radius 2 is 1.81 bits per heavy atom. The van der Waals surface area contributed by atoms with Crippen molar-refractivity contribution in [1.82, 2.24) is 20.0 Å². The van der Waals surface area contributed by atoms with Crippen molar-refractivity contribution in [3.63, 3.8) is 0 Å². The Labute approximate surface area is 195 Å². The Balaban J connectivity index is 1.62. The molecule has 0 unspecified atom stereocenters. The predicted octanol–water partition coefficient (Wildman–Crippen LogP) is 2.18. The van der Waals surface area contributed by atoms with Gasteiger partial charge in [-0.25, -0.2) is 4.68 Å². The summed E-state index contributed by atoms with van der Waals surface area (Å²) < 4.78 is 1.23. The Hall–Kier alpha value is -1.98. The molecule has 0 bridgehead atoms. The molecule has 2 aromatic rings. The number of carbonyl (C=O) groups excluding carboxylic acids is 2. The van der Waals surface area contributed by atoms with Gasteiger partial charge in [-0.05, 0) is 49.4 Å². The average molecular weight is 540 g/mol. The minimum absolute atomic E-state index is 0.102. The number of aliphatic hydroxyl groups excluding tert-OH is 2. The van der Waals surface area contributed by atoms with E-state index in [2.05, 4.69) is 33.0 Å². The topological polar surface area (TPSA) is 108 Å². The lowest BCUT2D eigenvalue weighted by molar-refractivity contribution is -0.154. The summed E-state index contributed by atoms with van der Waals surface area (Å²) in [5, 5.41) is 27.6. The standard InChI is InChI=1S/C22H29IN4O4/c1-14(15-6-8-16(9-7-15)27-11-5-10-24-27)25-19(30)17(28)18(29)20(31)26-13-21(2,3)12-22(26,4)23/h5-11,14,17-18,28-29H,12-13H2,1-4H3,(H,25,30)/t14-,17-,18-,22-/m1/s1. The zero-order valence-corrected chi connectivity index (χ0v) is 20.3. The number of hydrogen-bond donors (Lipinski definition) is 3. The molecular weight excluding hydrogens is 511 g/mol. The van der Waals surface area contributed by atoms with Crippen LogP contribution < -0.4 is 5.32 Å². The second-order valence-electron chi connectivity index (χ2n) is 9.07. The van der Waals surface area contributed by atoms with Crippen LogP contribution in [0.2, 0.25) is 0 Å². The summed E-state index contributed by atoms with van der Waals surface area (Å²) >= 11 is 2.18. The van der Waals surface area contributed by atoms with Crippen LogP contribution >= 0.6 is 22.6 Å². The van der Waals surface area contributed by atoms with Crippen molar-refractivity contribution in [2.24, 2.45) is 5.41 Å². The smallest absolute Gasteiger partial charge is 0.255 e. The second-order valence-corrected chi connectivity index (χ2v) is 11.4. The van der Waals surface area contributed by atoms with E-state index in [0.29, 0.717) is 6.54 Å². The van der Waals surface area contributed by atoms with E-state index in [1.165, 1.54) is 0 Å². The monoisotopic (exact) mass is 540 g/mol. The van der Waals surface area contributed by atoms with Crippen molar-refractivity contribution in [1.29, 1.82) is 0 Å². The molecule has 1 aliphatic heterocycles. The molecule has 9 heteroatoms. The number of carbonyl (C=O) groups is 2. The first-order valence-corrected chi connectivity index (χ1v) is 11.3. The van der Waals surface area contributed by atoms with Gasteiger partial charge < -0.3 is 20.4 Å². The molecule has 1 aromatic carbocycles. The van der Waals surface area contributed by atoms with Crippen LogP contribution in [0.1, 0.15) is 45.7 Å². The molecule has 3 N–H and O–H groups in total. The first-order chi connectivity index (χ1) is 14.4. The van der Waals surface area contributed by atoms with Crippen LogP contribution in [0.5, 0.6) is 0 Å². The summed E-state index contributed by atoms with van der Waals surface area (Å²) in [6.45, 7) is 8.23. The van der Waals surface area contributed by atoms with Crippen molar-refractivity contribution in [3.8, 4) is 5.69 Å². The Kier molecular flexibility index (Phi) is 6.78. The van der Waals surface area contributed by atoms with Crippen LogP contribution in [-0.2, 0) is 9.59 Å². The number of rotatable bonds is 6. The highest BCUT2D eigenvalue weighted by Crippen LogP contribution is 2.45. The molecule has 0 aliphatic carbocycles. The number of nitrogens with one attached hydrogen (secondary N) is 1. The number of halogens is 1. The molecule has 1 fully saturated rings. The fraction of sp³-hybridized carbons (Fsp3) is 0.500. The zero-order valence-electron chi connectivity index (χ0n) is 18.1. The summed E-state index contributed by atoms with van der Waals surface area (Å²) in [6, 6.07) is 8.85. The van der Waals surface area contributed by atoms with Gasteiger partial charge in [-0.15, -0.1) is 0 Å². The van der Waals surface area contributed by atoms with Crippen LogP contribution in [0.25, 0.3) is 5.69 Å². The van der Waals surface area contributed by atoms with E-state index in [4.69, 9.17) is 0 Å². The molecule has 2 amide bonds. The molecule has 1 saturated heterocycles. The lowest BCUT2D eigenvalue weighted by atomic mass is 9.91. The predicted molar refractivity (Wildman–Crippen MR) is 125 cm³/mol. The van der Waals surface area contributed by atoms with E-state index in [1.54, 1.807) is 22.7 Å². The highest BCUT2D eigenvalue weighted by molar-refractivity contribution is 14.1. The maximum absolute atomic E-state index is 12.8. The highest BCUT2D eigenvalue weighted by atomic mass is 127. The average Bonchev–Trinajstić information content (AvgIpc) is 3.31. The number of aromatic nitrogens is 2. The van der Waals surface area contributed by atoms with E-state index >= 15 is 0 Å². The summed E-state index contributed by atoms with van der Waals surface area (Å²) in [6.07, 6.45) is 0.602. The summed E-state index contributed by atoms with van der Waals surface area (Å²) in [5.74, 6) is -1.43. The van der Waals surface area contributed by atoms with Crippen molar-refractivity contribution in [2.75, 3.05) is 6.54 Å². The highest BCUT2D eigenvalue weighted by Gasteiger charge is 2.49. The third-order valence-corrected chi connectivity index (χ3v) is 6.52. The van der Waals surface area contributed by atoms with Gasteiger partial charge in [0.2, 0.25) is 0 Å². The number of amides is 2. The molecule has 0 radical (unpaired) electrons. The molecule has 168 valence electrons. The van der Waals surface area contributed by atoms with E-state index in [0.717, 1.165) is 17.7 Å². The largest absolute Gasteiger partial charge is 0.380 e. The number of aliphatic hydroxyl groups is 2. The Morgan fingerprint density at radius 3 is 2.32 bits per heavy atom. The van der Waals surface area contributed by atoms with Gasteiger partial charge in [0.25, 0.3) is 11.8 Å². The van der Waals surface area contributed by atoms with Gasteiger partial charge >= 0.3 is 0 Å². The van der Waals surface area contributed by atoms with Crippen molar-refractivity contribution >= 4 is 34.4 Å². The van der Waals surface area contributed by atoms with Gasteiger partial charge in [0.05, 0.1) is 15.3 Å². The van der Waals surface area contributed by atoms with Gasteiger partial charge in [-0.3, -0.25) is 9.59 Å². The van der Waals surface area contributed by atoms with Gasteiger partial charge in [-0.2, -0.15) is 5.10 Å². The van der Waals surface area contributed by atoms with E-state index < -0.39 is 33.6 Å². The quantitative estimate of drug-likeness (QED) is 0.296. The Morgan fingerprint density at radius 1 is 1.16 bits per heavy atom. The molecule has 0 spiro atoms. The molecule has 1 aliphatic rings. The Bertz CT molecular complexity index is 927. The lowest BCUT2D eigenvalue weighted by Crippen LogP contribution is -2.53. The van der Waals surface area contributed by atoms with Gasteiger partial charge in [0.1, 0.15) is 0 Å². The molecule has 8 nitrogen and oxygen atoms in total. The van der Waals surface area contributed by atoms with E-state index in [9.17, 15) is 19.8 Å². The van der Waals surface area contributed by atoms with Crippen LogP contribution in [0, 0.1) is 5.41 Å². The van der Waals surface area contributed by atoms with Gasteiger partial charge in [0.15, 0.2) is 12.2 Å². The maximum atomic E-state index is 12.8. The fourth-order valence-corrected chi connectivity index (χ4v) is 5.52. The third kappa shape index (κ3) is 5.27. The lowest BCUT2D eigenvalue weighted by Gasteiger charge is -2.32. The summed E-state index contributed by atoms with van der Waals surface area (Å²) in [4.78, 5) is 26.9. The van der Waals surface area contributed by atoms with Gasteiger partial charge in [0, 0.05) is 18.9 Å². The molecular formula is C22H29IN4O4. The number of benzene rings is 1. The SMILES string of the molecule is C[C@@H](NC(=O)[C@H](O)[C@@H](O)C(=O)N1CC(C)(C)C[C@]1(C)I)c1ccc(-n2cccn2)cc1. The normalized spacial score (nSPS) is 23.3. The van der Waals surface area contributed by atoms with E-state index in [1.807, 2.05) is 57.3 Å². The first-order valence-electron chi connectivity index (χ1n) is 10.2. The molecule has 3 rings (SSSR count). The molecule has 2 heterocycles. The minimum atomic E-state index is -1.85. The summed E-state index contributed by atoms with van der Waals surface area (Å²) in [5.41, 5.74) is 1.59. The van der Waals surface area contributed by atoms with Crippen LogP contribution in [-0.4, -0.2) is 59.0 Å². The summed E-state index contributed by atoms with van der Waals surface area (Å²) in [7, 11) is 0. The van der Waals surface area contributed by atoms with Gasteiger partial charge in [-0.1, -0.05) is 48.6 Å². The zero-order chi connectivity index (χ0) is 23.0. The van der Waals surface area contributed by atoms with Crippen LogP contribution in [0.4, 0.5) is 0 Å². The van der Waals surface area contributed by atoms with Crippen molar-refractivity contribution in [2.45, 2.75) is 55.9 Å². The number of likely N-dealkylation sites (tertiary alicyclic amines) is 1. The minimum Gasteiger partial charge on any atom is -0.380 e. The van der Waals surface area contributed by atoms with Crippen LogP contribution in [0.15, 0.2) is 42.7 Å².